The zero-order valence-electron chi connectivity index (χ0n) is 11.6. The highest BCUT2D eigenvalue weighted by Gasteiger charge is 2.14. The van der Waals surface area contributed by atoms with Crippen molar-refractivity contribution in [1.29, 1.82) is 0 Å². The maximum absolute atomic E-state index is 4.77. The molecule has 0 unspecified atom stereocenters. The predicted molar refractivity (Wildman–Crippen MR) is 82.0 cm³/mol. The average molecular weight is 272 g/mol. The van der Waals surface area contributed by atoms with E-state index in [-0.39, 0.29) is 0 Å². The van der Waals surface area contributed by atoms with Crippen LogP contribution in [-0.2, 0) is 19.4 Å². The van der Waals surface area contributed by atoms with Gasteiger partial charge in [0.1, 0.15) is 5.01 Å². The monoisotopic (exact) mass is 272 g/mol. The van der Waals surface area contributed by atoms with Crippen LogP contribution in [0.5, 0.6) is 0 Å². The summed E-state index contributed by atoms with van der Waals surface area (Å²) >= 11 is 1.89. The van der Waals surface area contributed by atoms with Crippen LogP contribution in [0.3, 0.4) is 0 Å². The van der Waals surface area contributed by atoms with Crippen LogP contribution >= 0.6 is 11.3 Å². The Hall–Kier alpha value is -1.35. The number of anilines is 1. The normalized spacial score (nSPS) is 14.2. The number of hydrogen-bond donors (Lipinski definition) is 1. The summed E-state index contributed by atoms with van der Waals surface area (Å²) in [6, 6.07) is 6.54. The predicted octanol–water partition coefficient (Wildman–Crippen LogP) is 4.25. The molecule has 19 heavy (non-hydrogen) atoms. The lowest BCUT2D eigenvalue weighted by Crippen LogP contribution is -2.02. The highest BCUT2D eigenvalue weighted by atomic mass is 32.1. The van der Waals surface area contributed by atoms with Gasteiger partial charge >= 0.3 is 0 Å². The number of aromatic nitrogens is 1. The summed E-state index contributed by atoms with van der Waals surface area (Å²) in [4.78, 5) is 6.29. The van der Waals surface area contributed by atoms with E-state index < -0.39 is 0 Å². The van der Waals surface area contributed by atoms with Crippen LogP contribution in [-0.4, -0.2) is 4.98 Å². The number of aryl methyl sites for hydroxylation is 4. The lowest BCUT2D eigenvalue weighted by Gasteiger charge is -2.08. The molecule has 0 atom stereocenters. The first kappa shape index (κ1) is 12.7. The Morgan fingerprint density at radius 3 is 2.84 bits per heavy atom. The minimum atomic E-state index is 0.849. The Morgan fingerprint density at radius 2 is 2.05 bits per heavy atom. The highest BCUT2D eigenvalue weighted by Crippen LogP contribution is 2.27. The van der Waals surface area contributed by atoms with Gasteiger partial charge in [0.25, 0.3) is 0 Å². The average Bonchev–Trinajstić information content (AvgIpc) is 2.80. The van der Waals surface area contributed by atoms with Gasteiger partial charge < -0.3 is 5.32 Å². The lowest BCUT2D eigenvalue weighted by atomic mass is 10.0. The van der Waals surface area contributed by atoms with Gasteiger partial charge in [-0.3, -0.25) is 0 Å². The molecule has 3 heteroatoms. The van der Waals surface area contributed by atoms with E-state index in [2.05, 4.69) is 37.4 Å². The molecule has 0 saturated carbocycles. The molecule has 0 radical (unpaired) electrons. The van der Waals surface area contributed by atoms with Crippen LogP contribution < -0.4 is 5.32 Å². The number of rotatable bonds is 3. The molecule has 1 aromatic carbocycles. The fourth-order valence-corrected chi connectivity index (χ4v) is 3.76. The first-order chi connectivity index (χ1) is 9.22. The number of nitrogens with zero attached hydrogens (tertiary/aromatic N) is 1. The van der Waals surface area contributed by atoms with Crippen LogP contribution in [0.4, 0.5) is 5.69 Å². The molecule has 1 N–H and O–H groups in total. The molecule has 3 rings (SSSR count). The van der Waals surface area contributed by atoms with Crippen molar-refractivity contribution in [2.24, 2.45) is 0 Å². The topological polar surface area (TPSA) is 24.9 Å². The van der Waals surface area contributed by atoms with Gasteiger partial charge in [0.05, 0.1) is 12.2 Å². The van der Waals surface area contributed by atoms with Crippen molar-refractivity contribution in [3.05, 3.63) is 44.9 Å². The zero-order chi connectivity index (χ0) is 13.2. The fraction of sp³-hybridized carbons (Fsp3) is 0.438. The molecule has 1 aliphatic carbocycles. The number of nitrogens with one attached hydrogen (secondary N) is 1. The SMILES string of the molecule is Cc1ccc(NCc2nc3c(s2)CCCC3)c(C)c1. The Kier molecular flexibility index (Phi) is 3.56. The molecular weight excluding hydrogens is 252 g/mol. The first-order valence-corrected chi connectivity index (χ1v) is 7.82. The van der Waals surface area contributed by atoms with Crippen molar-refractivity contribution >= 4 is 17.0 Å². The highest BCUT2D eigenvalue weighted by molar-refractivity contribution is 7.11. The summed E-state index contributed by atoms with van der Waals surface area (Å²) in [5.74, 6) is 0. The van der Waals surface area contributed by atoms with Crippen molar-refractivity contribution < 1.29 is 0 Å². The number of benzene rings is 1. The molecule has 0 spiro atoms. The van der Waals surface area contributed by atoms with Crippen molar-refractivity contribution in [3.63, 3.8) is 0 Å². The molecule has 1 heterocycles. The Labute approximate surface area is 118 Å². The number of fused-ring (bicyclic) bond motifs is 1. The van der Waals surface area contributed by atoms with E-state index in [0.29, 0.717) is 0 Å². The number of hydrogen-bond acceptors (Lipinski definition) is 3. The molecule has 0 bridgehead atoms. The van der Waals surface area contributed by atoms with Crippen LogP contribution in [0.2, 0.25) is 0 Å². The molecule has 1 aliphatic rings. The smallest absolute Gasteiger partial charge is 0.112 e. The first-order valence-electron chi connectivity index (χ1n) is 7.01. The molecule has 0 saturated heterocycles. The number of thiazole rings is 1. The van der Waals surface area contributed by atoms with Crippen LogP contribution in [0.15, 0.2) is 18.2 Å². The third-order valence-electron chi connectivity index (χ3n) is 3.70. The minimum Gasteiger partial charge on any atom is -0.378 e. The molecule has 2 aromatic rings. The van der Waals surface area contributed by atoms with Gasteiger partial charge in [0, 0.05) is 10.6 Å². The van der Waals surface area contributed by atoms with Crippen LogP contribution in [0, 0.1) is 13.8 Å². The summed E-state index contributed by atoms with van der Waals surface area (Å²) in [5.41, 5.74) is 5.20. The standard InChI is InChI=1S/C16H20N2S/c1-11-7-8-13(12(2)9-11)17-10-16-18-14-5-3-4-6-15(14)19-16/h7-9,17H,3-6,10H2,1-2H3. The second kappa shape index (κ2) is 5.33. The molecule has 0 amide bonds. The zero-order valence-corrected chi connectivity index (χ0v) is 12.4. The van der Waals surface area contributed by atoms with E-state index in [4.69, 9.17) is 4.98 Å². The summed E-state index contributed by atoms with van der Waals surface area (Å²) in [7, 11) is 0. The second-order valence-corrected chi connectivity index (χ2v) is 6.52. The quantitative estimate of drug-likeness (QED) is 0.903. The Morgan fingerprint density at radius 1 is 1.21 bits per heavy atom. The van der Waals surface area contributed by atoms with E-state index in [1.807, 2.05) is 11.3 Å². The van der Waals surface area contributed by atoms with Crippen molar-refractivity contribution in [3.8, 4) is 0 Å². The van der Waals surface area contributed by atoms with Gasteiger partial charge in [-0.25, -0.2) is 4.98 Å². The molecule has 1 aromatic heterocycles. The van der Waals surface area contributed by atoms with Crippen molar-refractivity contribution in [1.82, 2.24) is 4.98 Å². The van der Waals surface area contributed by atoms with Crippen molar-refractivity contribution in [2.45, 2.75) is 46.1 Å². The van der Waals surface area contributed by atoms with E-state index in [1.54, 1.807) is 0 Å². The Bertz CT molecular complexity index is 563. The molecule has 0 fully saturated rings. The maximum atomic E-state index is 4.77. The second-order valence-electron chi connectivity index (χ2n) is 5.36. The van der Waals surface area contributed by atoms with E-state index >= 15 is 0 Å². The molecular formula is C16H20N2S. The van der Waals surface area contributed by atoms with E-state index in [1.165, 1.54) is 58.1 Å². The van der Waals surface area contributed by atoms with Gasteiger partial charge in [0.2, 0.25) is 0 Å². The van der Waals surface area contributed by atoms with Crippen LogP contribution in [0.1, 0.15) is 39.5 Å². The third kappa shape index (κ3) is 2.81. The lowest BCUT2D eigenvalue weighted by molar-refractivity contribution is 0.681. The molecule has 100 valence electrons. The van der Waals surface area contributed by atoms with E-state index in [0.717, 1.165) is 6.54 Å². The van der Waals surface area contributed by atoms with Gasteiger partial charge in [-0.05, 0) is 51.2 Å². The van der Waals surface area contributed by atoms with Gasteiger partial charge in [-0.1, -0.05) is 17.7 Å². The molecule has 0 aliphatic heterocycles. The maximum Gasteiger partial charge on any atom is 0.112 e. The fourth-order valence-electron chi connectivity index (χ4n) is 2.66. The molecule has 2 nitrogen and oxygen atoms in total. The third-order valence-corrected chi connectivity index (χ3v) is 4.86. The van der Waals surface area contributed by atoms with Gasteiger partial charge in [-0.15, -0.1) is 11.3 Å². The summed E-state index contributed by atoms with van der Waals surface area (Å²) < 4.78 is 0. The summed E-state index contributed by atoms with van der Waals surface area (Å²) in [6.07, 6.45) is 5.05. The summed E-state index contributed by atoms with van der Waals surface area (Å²) in [5, 5.41) is 4.74. The summed E-state index contributed by atoms with van der Waals surface area (Å²) in [6.45, 7) is 5.13. The van der Waals surface area contributed by atoms with Gasteiger partial charge in [0.15, 0.2) is 0 Å². The van der Waals surface area contributed by atoms with E-state index in [9.17, 15) is 0 Å². The van der Waals surface area contributed by atoms with Crippen molar-refractivity contribution in [2.75, 3.05) is 5.32 Å². The van der Waals surface area contributed by atoms with Gasteiger partial charge in [-0.2, -0.15) is 0 Å². The van der Waals surface area contributed by atoms with Crippen LogP contribution in [0.25, 0.3) is 0 Å². The Balaban J connectivity index is 1.70. The minimum absolute atomic E-state index is 0.849. The largest absolute Gasteiger partial charge is 0.378 e.